The van der Waals surface area contributed by atoms with Gasteiger partial charge in [-0.05, 0) is 76.4 Å². The number of likely N-dealkylation sites (tertiary alicyclic amines) is 2. The Kier molecular flexibility index (Phi) is 5.75. The highest BCUT2D eigenvalue weighted by atomic mass is 32.1. The smallest absolute Gasteiger partial charge is 0.0900 e. The van der Waals surface area contributed by atoms with E-state index in [9.17, 15) is 5.11 Å². The Morgan fingerprint density at radius 1 is 1.17 bits per heavy atom. The van der Waals surface area contributed by atoms with Gasteiger partial charge in [0, 0.05) is 31.1 Å². The van der Waals surface area contributed by atoms with E-state index < -0.39 is 5.60 Å². The Bertz CT molecular complexity index is 498. The Labute approximate surface area is 144 Å². The summed E-state index contributed by atoms with van der Waals surface area (Å²) >= 11 is 1.86. The molecule has 0 aliphatic carbocycles. The van der Waals surface area contributed by atoms with Crippen LogP contribution in [0.4, 0.5) is 0 Å². The molecule has 1 atom stereocenters. The Balaban J connectivity index is 1.54. The van der Waals surface area contributed by atoms with Crippen LogP contribution in [-0.4, -0.2) is 72.2 Å². The second kappa shape index (κ2) is 7.62. The van der Waals surface area contributed by atoms with Crippen LogP contribution in [0, 0.1) is 0 Å². The lowest BCUT2D eigenvalue weighted by atomic mass is 9.92. The first kappa shape index (κ1) is 17.4. The quantitative estimate of drug-likeness (QED) is 0.862. The molecule has 2 saturated heterocycles. The molecule has 0 aromatic carbocycles. The van der Waals surface area contributed by atoms with Gasteiger partial charge in [0.05, 0.1) is 5.60 Å². The second-order valence-corrected chi connectivity index (χ2v) is 8.68. The standard InChI is InChI=1S/C18H31N3OS/c1-19(2)11-16-10-17(23-13-16)12-21-9-5-6-18(22,15-21)14-20-7-3-4-8-20/h10,13,22H,3-9,11-12,14-15H2,1-2H3. The van der Waals surface area contributed by atoms with Crippen molar-refractivity contribution in [1.29, 1.82) is 0 Å². The number of β-amino-alcohol motifs (C(OH)–C–C–N with tert-alkyl or cyclic N) is 1. The van der Waals surface area contributed by atoms with Crippen molar-refractivity contribution >= 4 is 11.3 Å². The van der Waals surface area contributed by atoms with E-state index in [-0.39, 0.29) is 0 Å². The van der Waals surface area contributed by atoms with E-state index in [1.54, 1.807) is 0 Å². The average molecular weight is 338 g/mol. The van der Waals surface area contributed by atoms with Crippen LogP contribution in [0.15, 0.2) is 11.4 Å². The van der Waals surface area contributed by atoms with Gasteiger partial charge in [0.2, 0.25) is 0 Å². The van der Waals surface area contributed by atoms with Crippen LogP contribution in [0.25, 0.3) is 0 Å². The molecule has 1 N–H and O–H groups in total. The monoisotopic (exact) mass is 337 g/mol. The summed E-state index contributed by atoms with van der Waals surface area (Å²) in [5, 5.41) is 13.3. The fourth-order valence-electron chi connectivity index (χ4n) is 4.00. The molecule has 130 valence electrons. The van der Waals surface area contributed by atoms with E-state index in [2.05, 4.69) is 40.2 Å². The van der Waals surface area contributed by atoms with E-state index in [0.29, 0.717) is 0 Å². The summed E-state index contributed by atoms with van der Waals surface area (Å²) in [6.07, 6.45) is 4.66. The number of thiophene rings is 1. The molecule has 5 heteroatoms. The van der Waals surface area contributed by atoms with Crippen LogP contribution < -0.4 is 0 Å². The summed E-state index contributed by atoms with van der Waals surface area (Å²) in [4.78, 5) is 8.53. The van der Waals surface area contributed by atoms with Gasteiger partial charge in [-0.3, -0.25) is 4.90 Å². The van der Waals surface area contributed by atoms with Crippen molar-refractivity contribution in [3.8, 4) is 0 Å². The number of hydrogen-bond acceptors (Lipinski definition) is 5. The maximum absolute atomic E-state index is 11.0. The van der Waals surface area contributed by atoms with Crippen molar-refractivity contribution < 1.29 is 5.11 Å². The molecule has 2 fully saturated rings. The lowest BCUT2D eigenvalue weighted by molar-refractivity contribution is -0.0517. The van der Waals surface area contributed by atoms with Crippen LogP contribution >= 0.6 is 11.3 Å². The first-order valence-corrected chi connectivity index (χ1v) is 9.78. The molecular weight excluding hydrogens is 306 g/mol. The summed E-state index contributed by atoms with van der Waals surface area (Å²) < 4.78 is 0. The summed E-state index contributed by atoms with van der Waals surface area (Å²) in [7, 11) is 4.22. The Morgan fingerprint density at radius 2 is 1.91 bits per heavy atom. The van der Waals surface area contributed by atoms with Crippen molar-refractivity contribution in [1.82, 2.24) is 14.7 Å². The molecule has 1 aromatic rings. The van der Waals surface area contributed by atoms with Gasteiger partial charge in [-0.2, -0.15) is 0 Å². The fraction of sp³-hybridized carbons (Fsp3) is 0.778. The van der Waals surface area contributed by atoms with Gasteiger partial charge in [-0.25, -0.2) is 0 Å². The zero-order valence-electron chi connectivity index (χ0n) is 14.6. The van der Waals surface area contributed by atoms with Gasteiger partial charge >= 0.3 is 0 Å². The van der Waals surface area contributed by atoms with E-state index in [4.69, 9.17) is 0 Å². The van der Waals surface area contributed by atoms with Gasteiger partial charge in [0.15, 0.2) is 0 Å². The zero-order chi connectivity index (χ0) is 16.3. The number of aliphatic hydroxyl groups is 1. The van der Waals surface area contributed by atoms with Gasteiger partial charge < -0.3 is 14.9 Å². The molecule has 1 unspecified atom stereocenters. The summed E-state index contributed by atoms with van der Waals surface area (Å²) in [5.41, 5.74) is 0.895. The first-order chi connectivity index (χ1) is 11.0. The predicted molar refractivity (Wildman–Crippen MR) is 96.8 cm³/mol. The third-order valence-corrected chi connectivity index (χ3v) is 5.91. The third kappa shape index (κ3) is 5.00. The predicted octanol–water partition coefficient (Wildman–Crippen LogP) is 2.23. The van der Waals surface area contributed by atoms with Crippen molar-refractivity contribution in [3.63, 3.8) is 0 Å². The Hall–Kier alpha value is -0.460. The SMILES string of the molecule is CN(C)Cc1csc(CN2CCCC(O)(CN3CCCC3)C2)c1. The molecule has 23 heavy (non-hydrogen) atoms. The minimum atomic E-state index is -0.508. The molecule has 2 aliphatic rings. The number of hydrogen-bond donors (Lipinski definition) is 1. The highest BCUT2D eigenvalue weighted by Gasteiger charge is 2.35. The van der Waals surface area contributed by atoms with Crippen molar-refractivity contribution in [3.05, 3.63) is 21.9 Å². The topological polar surface area (TPSA) is 30.0 Å². The van der Waals surface area contributed by atoms with E-state index >= 15 is 0 Å². The van der Waals surface area contributed by atoms with Crippen molar-refractivity contribution in [2.45, 2.75) is 44.4 Å². The van der Waals surface area contributed by atoms with Gasteiger partial charge in [0.25, 0.3) is 0 Å². The molecule has 0 saturated carbocycles. The van der Waals surface area contributed by atoms with Gasteiger partial charge in [-0.1, -0.05) is 0 Å². The Morgan fingerprint density at radius 3 is 2.65 bits per heavy atom. The molecule has 3 heterocycles. The zero-order valence-corrected chi connectivity index (χ0v) is 15.4. The third-order valence-electron chi connectivity index (χ3n) is 4.94. The summed E-state index contributed by atoms with van der Waals surface area (Å²) in [6.45, 7) is 7.13. The molecular formula is C18H31N3OS. The van der Waals surface area contributed by atoms with E-state index in [1.807, 2.05) is 11.3 Å². The summed E-state index contributed by atoms with van der Waals surface area (Å²) in [6, 6.07) is 2.33. The van der Waals surface area contributed by atoms with Gasteiger partial charge in [0.1, 0.15) is 0 Å². The maximum atomic E-state index is 11.0. The normalized spacial score (nSPS) is 27.1. The lowest BCUT2D eigenvalue weighted by Gasteiger charge is -2.41. The maximum Gasteiger partial charge on any atom is 0.0900 e. The second-order valence-electron chi connectivity index (χ2n) is 7.68. The molecule has 1 aromatic heterocycles. The van der Waals surface area contributed by atoms with Crippen LogP contribution in [-0.2, 0) is 13.1 Å². The molecule has 0 amide bonds. The number of piperidine rings is 1. The van der Waals surface area contributed by atoms with Crippen molar-refractivity contribution in [2.75, 3.05) is 46.8 Å². The molecule has 0 radical (unpaired) electrons. The fourth-order valence-corrected chi connectivity index (χ4v) is 4.93. The van der Waals surface area contributed by atoms with Crippen LogP contribution in [0.5, 0.6) is 0 Å². The number of rotatable bonds is 6. The minimum Gasteiger partial charge on any atom is -0.387 e. The highest BCUT2D eigenvalue weighted by Crippen LogP contribution is 2.26. The molecule has 0 spiro atoms. The molecule has 4 nitrogen and oxygen atoms in total. The van der Waals surface area contributed by atoms with E-state index in [0.717, 1.165) is 45.6 Å². The molecule has 2 aliphatic heterocycles. The van der Waals surface area contributed by atoms with Crippen LogP contribution in [0.2, 0.25) is 0 Å². The van der Waals surface area contributed by atoms with E-state index in [1.165, 1.54) is 36.4 Å². The van der Waals surface area contributed by atoms with Crippen LogP contribution in [0.3, 0.4) is 0 Å². The van der Waals surface area contributed by atoms with Crippen LogP contribution in [0.1, 0.15) is 36.1 Å². The molecule has 3 rings (SSSR count). The first-order valence-electron chi connectivity index (χ1n) is 8.91. The lowest BCUT2D eigenvalue weighted by Crippen LogP contribution is -2.53. The average Bonchev–Trinajstić information content (AvgIpc) is 3.10. The minimum absolute atomic E-state index is 0.508. The largest absolute Gasteiger partial charge is 0.387 e. The summed E-state index contributed by atoms with van der Waals surface area (Å²) in [5.74, 6) is 0. The van der Waals surface area contributed by atoms with Gasteiger partial charge in [-0.15, -0.1) is 11.3 Å². The highest BCUT2D eigenvalue weighted by molar-refractivity contribution is 7.10. The molecule has 0 bridgehead atoms. The number of nitrogens with zero attached hydrogens (tertiary/aromatic N) is 3. The van der Waals surface area contributed by atoms with Crippen molar-refractivity contribution in [2.24, 2.45) is 0 Å².